The molecule has 1 aromatic heterocycles. The molecule has 0 aliphatic heterocycles. The van der Waals surface area contributed by atoms with Gasteiger partial charge < -0.3 is 15.4 Å². The smallest absolute Gasteiger partial charge is 0.264 e. The minimum atomic E-state index is -0.689. The second kappa shape index (κ2) is 5.97. The van der Waals surface area contributed by atoms with Crippen LogP contribution in [-0.4, -0.2) is 33.1 Å². The van der Waals surface area contributed by atoms with Gasteiger partial charge >= 0.3 is 0 Å². The largest absolute Gasteiger partial charge is 0.394 e. The number of aryl methyl sites for hydroxylation is 1. The maximum absolute atomic E-state index is 12.4. The van der Waals surface area contributed by atoms with Crippen molar-refractivity contribution >= 4 is 5.91 Å². The van der Waals surface area contributed by atoms with E-state index < -0.39 is 17.0 Å². The number of aromatic amines is 1. The fourth-order valence-electron chi connectivity index (χ4n) is 2.42. The van der Waals surface area contributed by atoms with Crippen LogP contribution in [-0.2, 0) is 0 Å². The maximum Gasteiger partial charge on any atom is 0.264 e. The van der Waals surface area contributed by atoms with Crippen molar-refractivity contribution in [1.29, 1.82) is 0 Å². The van der Waals surface area contributed by atoms with Crippen LogP contribution in [0.15, 0.2) is 4.79 Å². The van der Waals surface area contributed by atoms with Crippen molar-refractivity contribution in [3.63, 3.8) is 0 Å². The summed E-state index contributed by atoms with van der Waals surface area (Å²) in [5.41, 5.74) is -0.609. The van der Waals surface area contributed by atoms with Crippen LogP contribution in [0.1, 0.15) is 67.3 Å². The highest BCUT2D eigenvalue weighted by molar-refractivity contribution is 5.95. The molecule has 0 spiro atoms. The number of H-pyrrole nitrogens is 1. The molecule has 0 bridgehead atoms. The van der Waals surface area contributed by atoms with Gasteiger partial charge in [-0.1, -0.05) is 13.8 Å². The number of nitrogens with zero attached hydrogens (tertiary/aromatic N) is 1. The first-order chi connectivity index (χ1) is 9.96. The van der Waals surface area contributed by atoms with E-state index >= 15 is 0 Å². The second-order valence-electron chi connectivity index (χ2n) is 5.79. The minimum Gasteiger partial charge on any atom is -0.394 e. The standard InChI is InChI=1S/C15H23N3O3/c1-4-15(5-2,8-19)18-14(21)11-9(3)16-12(10-6-7-10)17-13(11)20/h10,19H,4-8H2,1-3H3,(H,18,21)(H,16,17,20). The van der Waals surface area contributed by atoms with Gasteiger partial charge in [-0.05, 0) is 32.6 Å². The van der Waals surface area contributed by atoms with Crippen LogP contribution in [0.25, 0.3) is 0 Å². The van der Waals surface area contributed by atoms with Crippen molar-refractivity contribution in [3.05, 3.63) is 27.4 Å². The fourth-order valence-corrected chi connectivity index (χ4v) is 2.42. The lowest BCUT2D eigenvalue weighted by atomic mass is 9.93. The molecule has 1 amide bonds. The molecular weight excluding hydrogens is 270 g/mol. The van der Waals surface area contributed by atoms with Crippen LogP contribution in [0.5, 0.6) is 0 Å². The SMILES string of the molecule is CCC(CC)(CO)NC(=O)c1c(C)nc(C2CC2)[nH]c1=O. The Kier molecular flexibility index (Phi) is 4.46. The second-order valence-corrected chi connectivity index (χ2v) is 5.79. The number of aromatic nitrogens is 2. The number of hydrogen-bond donors (Lipinski definition) is 3. The molecule has 0 saturated heterocycles. The highest BCUT2D eigenvalue weighted by Gasteiger charge is 2.31. The lowest BCUT2D eigenvalue weighted by molar-refractivity contribution is 0.0815. The molecule has 3 N–H and O–H groups in total. The number of rotatable bonds is 6. The number of aliphatic hydroxyl groups excluding tert-OH is 1. The first kappa shape index (κ1) is 15.7. The summed E-state index contributed by atoms with van der Waals surface area (Å²) in [5.74, 6) is 0.533. The molecule has 1 aliphatic carbocycles. The number of carbonyl (C=O) groups excluding carboxylic acids is 1. The molecule has 0 aromatic carbocycles. The van der Waals surface area contributed by atoms with E-state index in [2.05, 4.69) is 15.3 Å². The van der Waals surface area contributed by atoms with E-state index in [1.54, 1.807) is 6.92 Å². The third-order valence-corrected chi connectivity index (χ3v) is 4.34. The third kappa shape index (κ3) is 3.15. The molecule has 6 nitrogen and oxygen atoms in total. The van der Waals surface area contributed by atoms with Crippen molar-refractivity contribution in [1.82, 2.24) is 15.3 Å². The quantitative estimate of drug-likeness (QED) is 0.735. The summed E-state index contributed by atoms with van der Waals surface area (Å²) in [6, 6.07) is 0. The summed E-state index contributed by atoms with van der Waals surface area (Å²) in [4.78, 5) is 31.6. The molecule has 1 heterocycles. The van der Waals surface area contributed by atoms with E-state index in [1.165, 1.54) is 0 Å². The van der Waals surface area contributed by atoms with Crippen molar-refractivity contribution < 1.29 is 9.90 Å². The third-order valence-electron chi connectivity index (χ3n) is 4.34. The number of hydrogen-bond acceptors (Lipinski definition) is 4. The molecule has 0 unspecified atom stereocenters. The van der Waals surface area contributed by atoms with Crippen molar-refractivity contribution in [2.45, 2.75) is 57.9 Å². The molecule has 0 atom stereocenters. The Morgan fingerprint density at radius 1 is 1.43 bits per heavy atom. The van der Waals surface area contributed by atoms with E-state index in [1.807, 2.05) is 13.8 Å². The average molecular weight is 293 g/mol. The van der Waals surface area contributed by atoms with Crippen LogP contribution in [0, 0.1) is 6.92 Å². The van der Waals surface area contributed by atoms with Gasteiger partial charge in [0.25, 0.3) is 11.5 Å². The van der Waals surface area contributed by atoms with Crippen molar-refractivity contribution in [3.8, 4) is 0 Å². The predicted molar refractivity (Wildman–Crippen MR) is 79.4 cm³/mol. The summed E-state index contributed by atoms with van der Waals surface area (Å²) in [5, 5.41) is 12.3. The summed E-state index contributed by atoms with van der Waals surface area (Å²) in [6.45, 7) is 5.31. The highest BCUT2D eigenvalue weighted by atomic mass is 16.3. The van der Waals surface area contributed by atoms with Crippen molar-refractivity contribution in [2.75, 3.05) is 6.61 Å². The number of amides is 1. The van der Waals surface area contributed by atoms with Crippen LogP contribution in [0.4, 0.5) is 0 Å². The summed E-state index contributed by atoms with van der Waals surface area (Å²) in [7, 11) is 0. The molecule has 6 heteroatoms. The van der Waals surface area contributed by atoms with Gasteiger partial charge in [0.1, 0.15) is 11.4 Å². The zero-order chi connectivity index (χ0) is 15.6. The van der Waals surface area contributed by atoms with Gasteiger partial charge in [-0.3, -0.25) is 9.59 Å². The molecule has 1 aromatic rings. The van der Waals surface area contributed by atoms with E-state index in [-0.39, 0.29) is 12.2 Å². The van der Waals surface area contributed by atoms with Gasteiger partial charge in [0.2, 0.25) is 0 Å². The number of aliphatic hydroxyl groups is 1. The number of carbonyl (C=O) groups is 1. The normalized spacial score (nSPS) is 15.0. The van der Waals surface area contributed by atoms with Crippen LogP contribution in [0.3, 0.4) is 0 Å². The molecule has 2 rings (SSSR count). The van der Waals surface area contributed by atoms with Crippen LogP contribution < -0.4 is 10.9 Å². The first-order valence-corrected chi connectivity index (χ1v) is 7.50. The summed E-state index contributed by atoms with van der Waals surface area (Å²) < 4.78 is 0. The van der Waals surface area contributed by atoms with Gasteiger partial charge in [-0.25, -0.2) is 4.98 Å². The molecule has 0 radical (unpaired) electrons. The lowest BCUT2D eigenvalue weighted by Crippen LogP contribution is -2.51. The average Bonchev–Trinajstić information content (AvgIpc) is 3.28. The lowest BCUT2D eigenvalue weighted by Gasteiger charge is -2.30. The number of nitrogens with one attached hydrogen (secondary N) is 2. The fraction of sp³-hybridized carbons (Fsp3) is 0.667. The van der Waals surface area contributed by atoms with E-state index in [4.69, 9.17) is 0 Å². The van der Waals surface area contributed by atoms with Crippen LogP contribution >= 0.6 is 0 Å². The van der Waals surface area contributed by atoms with E-state index in [0.717, 1.165) is 12.8 Å². The Hall–Kier alpha value is -1.69. The summed E-state index contributed by atoms with van der Waals surface area (Å²) in [6.07, 6.45) is 3.26. The van der Waals surface area contributed by atoms with Crippen molar-refractivity contribution in [2.24, 2.45) is 0 Å². The van der Waals surface area contributed by atoms with Gasteiger partial charge in [0.05, 0.1) is 17.8 Å². The Labute approximate surface area is 124 Å². The topological polar surface area (TPSA) is 95.1 Å². The zero-order valence-corrected chi connectivity index (χ0v) is 12.8. The van der Waals surface area contributed by atoms with E-state index in [0.29, 0.717) is 30.3 Å². The van der Waals surface area contributed by atoms with Gasteiger partial charge in [-0.2, -0.15) is 0 Å². The van der Waals surface area contributed by atoms with Crippen LogP contribution in [0.2, 0.25) is 0 Å². The Morgan fingerprint density at radius 2 is 2.05 bits per heavy atom. The maximum atomic E-state index is 12.4. The van der Waals surface area contributed by atoms with Gasteiger partial charge in [0.15, 0.2) is 0 Å². The predicted octanol–water partition coefficient (Wildman–Crippen LogP) is 1.24. The Morgan fingerprint density at radius 3 is 2.48 bits per heavy atom. The highest BCUT2D eigenvalue weighted by Crippen LogP contribution is 2.37. The molecule has 21 heavy (non-hydrogen) atoms. The minimum absolute atomic E-state index is 0.0409. The first-order valence-electron chi connectivity index (χ1n) is 7.50. The molecule has 1 aliphatic rings. The Balaban J connectivity index is 2.29. The molecule has 116 valence electrons. The Bertz CT molecular complexity index is 578. The van der Waals surface area contributed by atoms with Gasteiger partial charge in [0, 0.05) is 5.92 Å². The monoisotopic (exact) mass is 293 g/mol. The molecule has 1 saturated carbocycles. The van der Waals surface area contributed by atoms with Gasteiger partial charge in [-0.15, -0.1) is 0 Å². The van der Waals surface area contributed by atoms with E-state index in [9.17, 15) is 14.7 Å². The molecule has 1 fully saturated rings. The molecular formula is C15H23N3O3. The zero-order valence-electron chi connectivity index (χ0n) is 12.8. The summed E-state index contributed by atoms with van der Waals surface area (Å²) >= 11 is 0.